The molecule has 0 bridgehead atoms. The molecule has 0 atom stereocenters. The lowest BCUT2D eigenvalue weighted by atomic mass is 10.3. The van der Waals surface area contributed by atoms with Gasteiger partial charge in [0.05, 0.1) is 4.90 Å². The van der Waals surface area contributed by atoms with Gasteiger partial charge in [0.2, 0.25) is 0 Å². The van der Waals surface area contributed by atoms with E-state index in [1.54, 1.807) is 30.3 Å². The third-order valence-electron chi connectivity index (χ3n) is 2.35. The molecular weight excluding hydrogens is 310 g/mol. The third kappa shape index (κ3) is 6.73. The number of anilines is 1. The Morgan fingerprint density at radius 3 is 1.95 bits per heavy atom. The van der Waals surface area contributed by atoms with Crippen molar-refractivity contribution >= 4 is 21.8 Å². The van der Waals surface area contributed by atoms with Crippen LogP contribution in [0.4, 0.5) is 5.69 Å². The van der Waals surface area contributed by atoms with Gasteiger partial charge in [-0.3, -0.25) is 9.35 Å². The van der Waals surface area contributed by atoms with Crippen LogP contribution in [-0.2, 0) is 14.9 Å². The highest BCUT2D eigenvalue weighted by atomic mass is 32.2. The Hall–Kier alpha value is -2.58. The quantitative estimate of drug-likeness (QED) is 0.499. The molecule has 0 aliphatic carbocycles. The van der Waals surface area contributed by atoms with Crippen molar-refractivity contribution in [2.24, 2.45) is 0 Å². The Morgan fingerprint density at radius 1 is 1.00 bits per heavy atom. The van der Waals surface area contributed by atoms with E-state index < -0.39 is 16.1 Å². The zero-order chi connectivity index (χ0) is 16.6. The molecular formula is C14H15NO6S. The molecule has 0 saturated carbocycles. The second-order valence-corrected chi connectivity index (χ2v) is 5.50. The van der Waals surface area contributed by atoms with Crippen molar-refractivity contribution in [2.75, 3.05) is 11.9 Å². The first kappa shape index (κ1) is 17.5. The minimum absolute atomic E-state index is 0.0741. The average molecular weight is 325 g/mol. The molecule has 0 aromatic heterocycles. The van der Waals surface area contributed by atoms with Gasteiger partial charge in [0.1, 0.15) is 12.3 Å². The van der Waals surface area contributed by atoms with Crippen molar-refractivity contribution in [1.29, 1.82) is 0 Å². The van der Waals surface area contributed by atoms with E-state index in [-0.39, 0.29) is 17.2 Å². The summed E-state index contributed by atoms with van der Waals surface area (Å²) < 4.78 is 29.2. The number of nitrogens with one attached hydrogen (secondary N) is 1. The molecule has 0 aliphatic heterocycles. The van der Waals surface area contributed by atoms with E-state index in [0.29, 0.717) is 5.69 Å². The summed E-state index contributed by atoms with van der Waals surface area (Å²) in [6.45, 7) is -0.120. The largest absolute Gasteiger partial charge is 0.508 e. The van der Waals surface area contributed by atoms with Crippen LogP contribution in [0.15, 0.2) is 59.5 Å². The number of aromatic hydroxyl groups is 1. The minimum atomic E-state index is -4.00. The molecule has 0 fully saturated rings. The molecule has 0 aliphatic rings. The van der Waals surface area contributed by atoms with E-state index in [0.717, 1.165) is 0 Å². The highest BCUT2D eigenvalue weighted by Gasteiger charge is 2.05. The number of hydrogen-bond acceptors (Lipinski definition) is 5. The van der Waals surface area contributed by atoms with Crippen LogP contribution in [-0.4, -0.2) is 35.7 Å². The van der Waals surface area contributed by atoms with Crippen LogP contribution in [0.25, 0.3) is 0 Å². The van der Waals surface area contributed by atoms with E-state index in [9.17, 15) is 13.2 Å². The lowest BCUT2D eigenvalue weighted by Gasteiger charge is -2.01. The molecule has 0 heterocycles. The average Bonchev–Trinajstić information content (AvgIpc) is 2.47. The fraction of sp³-hybridized carbons (Fsp3) is 0.0714. The van der Waals surface area contributed by atoms with Gasteiger partial charge < -0.3 is 15.5 Å². The fourth-order valence-corrected chi connectivity index (χ4v) is 1.85. The van der Waals surface area contributed by atoms with E-state index in [1.165, 1.54) is 24.3 Å². The molecule has 0 amide bonds. The van der Waals surface area contributed by atoms with E-state index >= 15 is 0 Å². The lowest BCUT2D eigenvalue weighted by molar-refractivity contribution is -0.134. The zero-order valence-corrected chi connectivity index (χ0v) is 12.2. The Balaban J connectivity index is 0.000000224. The van der Waals surface area contributed by atoms with Crippen LogP contribution < -0.4 is 5.32 Å². The van der Waals surface area contributed by atoms with Crippen LogP contribution >= 0.6 is 0 Å². The topological polar surface area (TPSA) is 124 Å². The summed E-state index contributed by atoms with van der Waals surface area (Å²) in [4.78, 5) is 10.1. The second-order valence-electron chi connectivity index (χ2n) is 4.08. The maximum atomic E-state index is 10.4. The number of carboxylic acids is 1. The smallest absolute Gasteiger partial charge is 0.322 e. The van der Waals surface area contributed by atoms with Gasteiger partial charge in [-0.15, -0.1) is 0 Å². The molecule has 4 N–H and O–H groups in total. The van der Waals surface area contributed by atoms with Gasteiger partial charge in [-0.1, -0.05) is 18.2 Å². The summed E-state index contributed by atoms with van der Waals surface area (Å²) in [6.07, 6.45) is 0. The second kappa shape index (κ2) is 8.01. The van der Waals surface area contributed by atoms with Crippen LogP contribution in [0.3, 0.4) is 0 Å². The predicted octanol–water partition coefficient (Wildman–Crippen LogP) is 1.82. The van der Waals surface area contributed by atoms with Crippen LogP contribution in [0.2, 0.25) is 0 Å². The van der Waals surface area contributed by atoms with Gasteiger partial charge in [-0.25, -0.2) is 0 Å². The SMILES string of the molecule is O=C(O)CNc1ccc(O)cc1.O=S(=O)(O)c1ccccc1. The molecule has 0 radical (unpaired) electrons. The van der Waals surface area contributed by atoms with Gasteiger partial charge in [-0.2, -0.15) is 8.42 Å². The summed E-state index contributed by atoms with van der Waals surface area (Å²) in [7, 11) is -4.00. The van der Waals surface area contributed by atoms with Crippen LogP contribution in [0.5, 0.6) is 5.75 Å². The number of hydrogen-bond donors (Lipinski definition) is 4. The van der Waals surface area contributed by atoms with Crippen molar-refractivity contribution in [3.63, 3.8) is 0 Å². The summed E-state index contributed by atoms with van der Waals surface area (Å²) in [5.74, 6) is -0.751. The number of rotatable bonds is 4. The van der Waals surface area contributed by atoms with Crippen LogP contribution in [0.1, 0.15) is 0 Å². The normalized spacial score (nSPS) is 10.2. The summed E-state index contributed by atoms with van der Waals surface area (Å²) >= 11 is 0. The lowest BCUT2D eigenvalue weighted by Crippen LogP contribution is -2.11. The van der Waals surface area contributed by atoms with E-state index in [1.807, 2.05) is 0 Å². The number of phenolic OH excluding ortho intramolecular Hbond substituents is 1. The number of benzene rings is 2. The number of carbonyl (C=O) groups is 1. The highest BCUT2D eigenvalue weighted by Crippen LogP contribution is 2.12. The first-order valence-electron chi connectivity index (χ1n) is 6.06. The maximum absolute atomic E-state index is 10.4. The molecule has 2 aromatic rings. The maximum Gasteiger partial charge on any atom is 0.322 e. The molecule has 0 saturated heterocycles. The number of carboxylic acid groups (broad SMARTS) is 1. The predicted molar refractivity (Wildman–Crippen MR) is 80.5 cm³/mol. The minimum Gasteiger partial charge on any atom is -0.508 e. The monoisotopic (exact) mass is 325 g/mol. The molecule has 2 aromatic carbocycles. The Labute approximate surface area is 127 Å². The molecule has 0 spiro atoms. The first-order chi connectivity index (χ1) is 10.3. The highest BCUT2D eigenvalue weighted by molar-refractivity contribution is 7.85. The fourth-order valence-electron chi connectivity index (χ4n) is 1.35. The molecule has 0 unspecified atom stereocenters. The molecule has 8 heteroatoms. The Kier molecular flexibility index (Phi) is 6.36. The van der Waals surface area contributed by atoms with Gasteiger partial charge in [-0.05, 0) is 36.4 Å². The van der Waals surface area contributed by atoms with Crippen molar-refractivity contribution in [2.45, 2.75) is 4.90 Å². The van der Waals surface area contributed by atoms with Crippen molar-refractivity contribution in [1.82, 2.24) is 0 Å². The Bertz CT molecular complexity index is 698. The van der Waals surface area contributed by atoms with Gasteiger partial charge in [0, 0.05) is 5.69 Å². The number of phenols is 1. The van der Waals surface area contributed by atoms with Gasteiger partial charge in [0.15, 0.2) is 0 Å². The molecule has 2 rings (SSSR count). The van der Waals surface area contributed by atoms with Crippen LogP contribution in [0, 0.1) is 0 Å². The van der Waals surface area contributed by atoms with E-state index in [4.69, 9.17) is 14.8 Å². The van der Waals surface area contributed by atoms with Crippen molar-refractivity contribution in [3.05, 3.63) is 54.6 Å². The van der Waals surface area contributed by atoms with Gasteiger partial charge >= 0.3 is 5.97 Å². The molecule has 7 nitrogen and oxygen atoms in total. The van der Waals surface area contributed by atoms with Crippen molar-refractivity contribution in [3.8, 4) is 5.75 Å². The number of aliphatic carboxylic acids is 1. The molecule has 118 valence electrons. The van der Waals surface area contributed by atoms with E-state index in [2.05, 4.69) is 5.32 Å². The summed E-state index contributed by atoms with van der Waals surface area (Å²) in [6, 6.07) is 13.6. The third-order valence-corrected chi connectivity index (χ3v) is 3.22. The first-order valence-corrected chi connectivity index (χ1v) is 7.50. The van der Waals surface area contributed by atoms with Gasteiger partial charge in [0.25, 0.3) is 10.1 Å². The summed E-state index contributed by atoms with van der Waals surface area (Å²) in [5.41, 5.74) is 0.676. The standard InChI is InChI=1S/C8H9NO3.C6H6O3S/c10-7-3-1-6(2-4-7)9-5-8(11)12;7-10(8,9)6-4-2-1-3-5-6/h1-4,9-10H,5H2,(H,11,12);1-5H,(H,7,8,9). The zero-order valence-electron chi connectivity index (χ0n) is 11.4. The molecule has 22 heavy (non-hydrogen) atoms. The summed E-state index contributed by atoms with van der Waals surface area (Å²) in [5, 5.41) is 19.9. The Morgan fingerprint density at radius 2 is 1.55 bits per heavy atom. The van der Waals surface area contributed by atoms with Crippen molar-refractivity contribution < 1.29 is 28.0 Å².